The van der Waals surface area contributed by atoms with E-state index in [-0.39, 0.29) is 24.8 Å². The second-order valence-corrected chi connectivity index (χ2v) is 4.68. The molecule has 1 aromatic carbocycles. The van der Waals surface area contributed by atoms with Gasteiger partial charge in [0.05, 0.1) is 25.7 Å². The van der Waals surface area contributed by atoms with Gasteiger partial charge in [-0.15, -0.1) is 0 Å². The number of methoxy groups -OCH3 is 1. The predicted octanol–water partition coefficient (Wildman–Crippen LogP) is 1.52. The standard InChI is InChI=1S/C15H21NO4/c1-11(15(19)12-7-5-4-6-8-12)16(2)13(17)9-10-14(18)20-3/h4-8,11,15,19H,9-10H2,1-3H3. The van der Waals surface area contributed by atoms with E-state index in [2.05, 4.69) is 4.74 Å². The van der Waals surface area contributed by atoms with Crippen LogP contribution in [0.4, 0.5) is 0 Å². The lowest BCUT2D eigenvalue weighted by atomic mass is 10.0. The van der Waals surface area contributed by atoms with Crippen molar-refractivity contribution in [3.05, 3.63) is 35.9 Å². The summed E-state index contributed by atoms with van der Waals surface area (Å²) < 4.78 is 4.50. The van der Waals surface area contributed by atoms with Crippen LogP contribution in [0.25, 0.3) is 0 Å². The number of hydrogen-bond acceptors (Lipinski definition) is 4. The first-order valence-corrected chi connectivity index (χ1v) is 6.52. The summed E-state index contributed by atoms with van der Waals surface area (Å²) in [7, 11) is 2.91. The molecule has 110 valence electrons. The predicted molar refractivity (Wildman–Crippen MR) is 74.9 cm³/mol. The summed E-state index contributed by atoms with van der Waals surface area (Å²) >= 11 is 0. The van der Waals surface area contributed by atoms with Crippen molar-refractivity contribution < 1.29 is 19.4 Å². The third-order valence-corrected chi connectivity index (χ3v) is 3.37. The minimum atomic E-state index is -0.761. The van der Waals surface area contributed by atoms with Gasteiger partial charge >= 0.3 is 5.97 Å². The van der Waals surface area contributed by atoms with Gasteiger partial charge < -0.3 is 14.7 Å². The van der Waals surface area contributed by atoms with Gasteiger partial charge in [-0.1, -0.05) is 30.3 Å². The zero-order valence-corrected chi connectivity index (χ0v) is 12.1. The van der Waals surface area contributed by atoms with Gasteiger partial charge in [-0.2, -0.15) is 0 Å². The topological polar surface area (TPSA) is 66.8 Å². The number of nitrogens with zero attached hydrogens (tertiary/aromatic N) is 1. The third-order valence-electron chi connectivity index (χ3n) is 3.37. The van der Waals surface area contributed by atoms with Crippen molar-refractivity contribution in [1.82, 2.24) is 4.90 Å². The quantitative estimate of drug-likeness (QED) is 0.802. The van der Waals surface area contributed by atoms with Gasteiger partial charge in [0, 0.05) is 13.5 Å². The Kier molecular flexibility index (Phi) is 6.18. The van der Waals surface area contributed by atoms with E-state index in [1.165, 1.54) is 12.0 Å². The van der Waals surface area contributed by atoms with Crippen molar-refractivity contribution in [3.8, 4) is 0 Å². The Balaban J connectivity index is 2.59. The van der Waals surface area contributed by atoms with Crippen LogP contribution in [0, 0.1) is 0 Å². The number of rotatable bonds is 6. The number of likely N-dealkylation sites (N-methyl/N-ethyl adjacent to an activating group) is 1. The van der Waals surface area contributed by atoms with E-state index in [1.807, 2.05) is 30.3 Å². The maximum Gasteiger partial charge on any atom is 0.306 e. The molecule has 1 rings (SSSR count). The first kappa shape index (κ1) is 16.2. The highest BCUT2D eigenvalue weighted by atomic mass is 16.5. The first-order chi connectivity index (χ1) is 9.47. The van der Waals surface area contributed by atoms with Crippen LogP contribution < -0.4 is 0 Å². The van der Waals surface area contributed by atoms with Crippen LogP contribution in [0.5, 0.6) is 0 Å². The summed E-state index contributed by atoms with van der Waals surface area (Å²) in [5.41, 5.74) is 0.757. The number of ether oxygens (including phenoxy) is 1. The number of amides is 1. The van der Waals surface area contributed by atoms with Crippen LogP contribution in [-0.4, -0.2) is 42.1 Å². The molecule has 2 unspecified atom stereocenters. The molecule has 0 fully saturated rings. The number of hydrogen-bond donors (Lipinski definition) is 1. The fraction of sp³-hybridized carbons (Fsp3) is 0.467. The normalized spacial score (nSPS) is 13.4. The lowest BCUT2D eigenvalue weighted by Crippen LogP contribution is -2.39. The van der Waals surface area contributed by atoms with E-state index in [0.29, 0.717) is 0 Å². The zero-order valence-electron chi connectivity index (χ0n) is 12.1. The number of aliphatic hydroxyl groups is 1. The van der Waals surface area contributed by atoms with Crippen molar-refractivity contribution in [2.45, 2.75) is 31.9 Å². The molecule has 0 aliphatic rings. The van der Waals surface area contributed by atoms with Gasteiger partial charge in [-0.3, -0.25) is 9.59 Å². The number of aliphatic hydroxyl groups excluding tert-OH is 1. The molecule has 20 heavy (non-hydrogen) atoms. The maximum atomic E-state index is 11.9. The van der Waals surface area contributed by atoms with Crippen LogP contribution in [0.15, 0.2) is 30.3 Å². The molecule has 0 aliphatic carbocycles. The molecule has 2 atom stereocenters. The van der Waals surface area contributed by atoms with Gasteiger partial charge in [-0.05, 0) is 12.5 Å². The monoisotopic (exact) mass is 279 g/mol. The van der Waals surface area contributed by atoms with Gasteiger partial charge in [0.15, 0.2) is 0 Å². The van der Waals surface area contributed by atoms with Crippen LogP contribution in [0.2, 0.25) is 0 Å². The molecule has 1 N–H and O–H groups in total. The highest BCUT2D eigenvalue weighted by molar-refractivity contribution is 5.81. The Morgan fingerprint density at radius 3 is 2.40 bits per heavy atom. The first-order valence-electron chi connectivity index (χ1n) is 6.52. The Morgan fingerprint density at radius 1 is 1.25 bits per heavy atom. The summed E-state index contributed by atoms with van der Waals surface area (Å²) in [6, 6.07) is 8.80. The Bertz CT molecular complexity index is 446. The molecule has 1 amide bonds. The highest BCUT2D eigenvalue weighted by Crippen LogP contribution is 2.20. The number of benzene rings is 1. The van der Waals surface area contributed by atoms with Crippen LogP contribution in [-0.2, 0) is 14.3 Å². The third kappa shape index (κ3) is 4.35. The fourth-order valence-electron chi connectivity index (χ4n) is 1.86. The number of carbonyl (C=O) groups is 2. The Hall–Kier alpha value is -1.88. The molecule has 0 saturated heterocycles. The largest absolute Gasteiger partial charge is 0.469 e. The molecule has 0 spiro atoms. The van der Waals surface area contributed by atoms with Crippen molar-refractivity contribution in [1.29, 1.82) is 0 Å². The van der Waals surface area contributed by atoms with Crippen molar-refractivity contribution in [2.24, 2.45) is 0 Å². The summed E-state index contributed by atoms with van der Waals surface area (Å²) in [5.74, 6) is -0.610. The smallest absolute Gasteiger partial charge is 0.306 e. The molecule has 0 heterocycles. The summed E-state index contributed by atoms with van der Waals surface area (Å²) in [6.07, 6.45) is -0.633. The van der Waals surface area contributed by atoms with E-state index in [9.17, 15) is 14.7 Å². The van der Waals surface area contributed by atoms with E-state index in [1.54, 1.807) is 14.0 Å². The number of esters is 1. The molecular weight excluding hydrogens is 258 g/mol. The molecule has 5 heteroatoms. The SMILES string of the molecule is COC(=O)CCC(=O)N(C)C(C)C(O)c1ccccc1. The average molecular weight is 279 g/mol. The molecule has 0 aliphatic heterocycles. The van der Waals surface area contributed by atoms with E-state index in [0.717, 1.165) is 5.56 Å². The molecule has 0 aromatic heterocycles. The van der Waals surface area contributed by atoms with Crippen molar-refractivity contribution in [2.75, 3.05) is 14.2 Å². The maximum absolute atomic E-state index is 11.9. The molecule has 0 saturated carbocycles. The van der Waals surface area contributed by atoms with Gasteiger partial charge in [-0.25, -0.2) is 0 Å². The zero-order chi connectivity index (χ0) is 15.1. The van der Waals surface area contributed by atoms with E-state index in [4.69, 9.17) is 0 Å². The molecule has 5 nitrogen and oxygen atoms in total. The van der Waals surface area contributed by atoms with Gasteiger partial charge in [0.1, 0.15) is 0 Å². The van der Waals surface area contributed by atoms with E-state index < -0.39 is 12.1 Å². The summed E-state index contributed by atoms with van der Waals surface area (Å²) in [4.78, 5) is 24.4. The molecule has 0 bridgehead atoms. The minimum absolute atomic E-state index is 0.0494. The lowest BCUT2D eigenvalue weighted by Gasteiger charge is -2.29. The summed E-state index contributed by atoms with van der Waals surface area (Å²) in [6.45, 7) is 1.77. The van der Waals surface area contributed by atoms with Crippen molar-refractivity contribution >= 4 is 11.9 Å². The van der Waals surface area contributed by atoms with Gasteiger partial charge in [0.2, 0.25) is 5.91 Å². The van der Waals surface area contributed by atoms with Crippen LogP contribution >= 0.6 is 0 Å². The Morgan fingerprint density at radius 2 is 1.85 bits per heavy atom. The Labute approximate surface area is 119 Å². The summed E-state index contributed by atoms with van der Waals surface area (Å²) in [5, 5.41) is 10.2. The minimum Gasteiger partial charge on any atom is -0.469 e. The molecular formula is C15H21NO4. The average Bonchev–Trinajstić information content (AvgIpc) is 2.50. The molecule has 1 aromatic rings. The van der Waals surface area contributed by atoms with Crippen LogP contribution in [0.1, 0.15) is 31.4 Å². The second kappa shape index (κ2) is 7.65. The van der Waals surface area contributed by atoms with Gasteiger partial charge in [0.25, 0.3) is 0 Å². The highest BCUT2D eigenvalue weighted by Gasteiger charge is 2.24. The fourth-order valence-corrected chi connectivity index (χ4v) is 1.86. The number of carbonyl (C=O) groups excluding carboxylic acids is 2. The van der Waals surface area contributed by atoms with Crippen molar-refractivity contribution in [3.63, 3.8) is 0 Å². The second-order valence-electron chi connectivity index (χ2n) is 4.68. The lowest BCUT2D eigenvalue weighted by molar-refractivity contribution is -0.144. The van der Waals surface area contributed by atoms with Crippen LogP contribution in [0.3, 0.4) is 0 Å². The molecule has 0 radical (unpaired) electrons. The van der Waals surface area contributed by atoms with E-state index >= 15 is 0 Å².